The highest BCUT2D eigenvalue weighted by Gasteiger charge is 2.22. The van der Waals surface area contributed by atoms with E-state index >= 15 is 0 Å². The van der Waals surface area contributed by atoms with Gasteiger partial charge in [-0.25, -0.2) is 17.9 Å². The molecule has 172 valence electrons. The predicted molar refractivity (Wildman–Crippen MR) is 120 cm³/mol. The van der Waals surface area contributed by atoms with Crippen LogP contribution in [0.4, 0.5) is 0 Å². The van der Waals surface area contributed by atoms with Gasteiger partial charge in [-0.1, -0.05) is 30.3 Å². The van der Waals surface area contributed by atoms with Gasteiger partial charge >= 0.3 is 5.97 Å². The van der Waals surface area contributed by atoms with Crippen LogP contribution in [0.15, 0.2) is 59.5 Å². The Balaban J connectivity index is 1.45. The fourth-order valence-electron chi connectivity index (χ4n) is 3.45. The molecule has 0 atom stereocenters. The van der Waals surface area contributed by atoms with Crippen molar-refractivity contribution in [2.24, 2.45) is 0 Å². The molecule has 1 heterocycles. The van der Waals surface area contributed by atoms with Crippen LogP contribution in [0.1, 0.15) is 29.8 Å². The van der Waals surface area contributed by atoms with Gasteiger partial charge in [0.1, 0.15) is 0 Å². The summed E-state index contributed by atoms with van der Waals surface area (Å²) in [5.41, 5.74) is 1.42. The molecule has 0 bridgehead atoms. The van der Waals surface area contributed by atoms with E-state index in [1.165, 1.54) is 29.8 Å². The molecule has 1 amide bonds. The van der Waals surface area contributed by atoms with Gasteiger partial charge in [0.05, 0.1) is 10.5 Å². The van der Waals surface area contributed by atoms with Crippen molar-refractivity contribution in [3.05, 3.63) is 65.7 Å². The number of hydrogen-bond acceptors (Lipinski definition) is 6. The third kappa shape index (κ3) is 6.62. The summed E-state index contributed by atoms with van der Waals surface area (Å²) in [5, 5.41) is 0. The van der Waals surface area contributed by atoms with Crippen LogP contribution in [-0.2, 0) is 26.1 Å². The van der Waals surface area contributed by atoms with Crippen molar-refractivity contribution >= 4 is 21.9 Å². The second-order valence-corrected chi connectivity index (χ2v) is 9.73. The number of carbonyl (C=O) groups excluding carboxylic acids is 2. The number of sulfonamides is 1. The molecular formula is C23H29N3O5S. The Labute approximate surface area is 189 Å². The molecule has 2 aromatic rings. The van der Waals surface area contributed by atoms with Crippen LogP contribution in [0, 0.1) is 0 Å². The Morgan fingerprint density at radius 1 is 0.969 bits per heavy atom. The average Bonchev–Trinajstić information content (AvgIpc) is 2.77. The minimum Gasteiger partial charge on any atom is -0.452 e. The molecule has 32 heavy (non-hydrogen) atoms. The zero-order valence-electron chi connectivity index (χ0n) is 18.4. The number of nitrogens with zero attached hydrogens (tertiary/aromatic N) is 2. The van der Waals surface area contributed by atoms with E-state index in [0.717, 1.165) is 19.6 Å². The van der Waals surface area contributed by atoms with Crippen molar-refractivity contribution in [2.75, 3.05) is 32.8 Å². The quantitative estimate of drug-likeness (QED) is 0.606. The minimum atomic E-state index is -3.63. The molecule has 0 saturated carbocycles. The maximum atomic E-state index is 12.4. The van der Waals surface area contributed by atoms with Crippen LogP contribution >= 0.6 is 0 Å². The minimum absolute atomic E-state index is 0.0622. The molecule has 8 nitrogen and oxygen atoms in total. The molecular weight excluding hydrogens is 430 g/mol. The summed E-state index contributed by atoms with van der Waals surface area (Å²) in [7, 11) is -3.63. The second-order valence-electron chi connectivity index (χ2n) is 8.02. The van der Waals surface area contributed by atoms with Crippen LogP contribution in [-0.4, -0.2) is 68.9 Å². The number of ether oxygens (including phenoxy) is 1. The van der Waals surface area contributed by atoms with Gasteiger partial charge in [-0.05, 0) is 43.7 Å². The van der Waals surface area contributed by atoms with Gasteiger partial charge in [0.15, 0.2) is 6.61 Å². The summed E-state index contributed by atoms with van der Waals surface area (Å²) in [6, 6.07) is 15.4. The zero-order chi connectivity index (χ0) is 23.1. The first-order chi connectivity index (χ1) is 15.2. The van der Waals surface area contributed by atoms with Crippen molar-refractivity contribution in [2.45, 2.75) is 31.3 Å². The third-order valence-corrected chi connectivity index (χ3v) is 6.77. The van der Waals surface area contributed by atoms with Gasteiger partial charge < -0.3 is 9.64 Å². The number of benzene rings is 2. The van der Waals surface area contributed by atoms with E-state index in [1.54, 1.807) is 18.7 Å². The molecule has 0 aromatic heterocycles. The van der Waals surface area contributed by atoms with Crippen molar-refractivity contribution in [1.29, 1.82) is 0 Å². The van der Waals surface area contributed by atoms with Gasteiger partial charge in [-0.2, -0.15) is 0 Å². The van der Waals surface area contributed by atoms with E-state index in [9.17, 15) is 18.0 Å². The number of rotatable bonds is 8. The maximum absolute atomic E-state index is 12.4. The lowest BCUT2D eigenvalue weighted by molar-refractivity contribution is -0.136. The van der Waals surface area contributed by atoms with Crippen LogP contribution in [0.5, 0.6) is 0 Å². The second kappa shape index (κ2) is 10.7. The molecule has 0 aliphatic carbocycles. The van der Waals surface area contributed by atoms with Gasteiger partial charge in [-0.15, -0.1) is 0 Å². The van der Waals surface area contributed by atoms with E-state index < -0.39 is 16.0 Å². The molecule has 0 unspecified atom stereocenters. The van der Waals surface area contributed by atoms with E-state index in [2.05, 4.69) is 21.8 Å². The summed E-state index contributed by atoms with van der Waals surface area (Å²) in [6.07, 6.45) is 0. The van der Waals surface area contributed by atoms with Gasteiger partial charge in [0.25, 0.3) is 5.91 Å². The van der Waals surface area contributed by atoms with Crippen molar-refractivity contribution in [3.63, 3.8) is 0 Å². The lowest BCUT2D eigenvalue weighted by atomic mass is 10.2. The first-order valence-electron chi connectivity index (χ1n) is 10.6. The molecule has 3 rings (SSSR count). The van der Waals surface area contributed by atoms with E-state index in [-0.39, 0.29) is 29.0 Å². The number of hydrogen-bond donors (Lipinski definition) is 1. The summed E-state index contributed by atoms with van der Waals surface area (Å²) in [5.74, 6) is -0.903. The Kier molecular flexibility index (Phi) is 8.00. The summed E-state index contributed by atoms with van der Waals surface area (Å²) in [4.78, 5) is 28.7. The van der Waals surface area contributed by atoms with E-state index in [4.69, 9.17) is 4.74 Å². The molecule has 1 saturated heterocycles. The Morgan fingerprint density at radius 3 is 2.19 bits per heavy atom. The largest absolute Gasteiger partial charge is 0.452 e. The Morgan fingerprint density at radius 2 is 1.59 bits per heavy atom. The number of nitrogens with one attached hydrogen (secondary N) is 1. The monoisotopic (exact) mass is 459 g/mol. The molecule has 9 heteroatoms. The maximum Gasteiger partial charge on any atom is 0.338 e. The van der Waals surface area contributed by atoms with Crippen LogP contribution in [0.3, 0.4) is 0 Å². The normalized spacial score (nSPS) is 15.0. The topological polar surface area (TPSA) is 96.0 Å². The molecule has 1 aliphatic heterocycles. The van der Waals surface area contributed by atoms with Crippen LogP contribution < -0.4 is 4.72 Å². The fraction of sp³-hybridized carbons (Fsp3) is 0.391. The Bertz CT molecular complexity index is 1020. The molecule has 0 spiro atoms. The molecule has 1 aliphatic rings. The molecule has 1 N–H and O–H groups in total. The smallest absolute Gasteiger partial charge is 0.338 e. The first-order valence-corrected chi connectivity index (χ1v) is 12.1. The SMILES string of the molecule is CC(C)NS(=O)(=O)c1ccc(C(=O)OCC(=O)N2CCN(Cc3ccccc3)CC2)cc1. The summed E-state index contributed by atoms with van der Waals surface area (Å²) < 4.78 is 31.9. The highest BCUT2D eigenvalue weighted by molar-refractivity contribution is 7.89. The molecule has 1 fully saturated rings. The number of piperazine rings is 1. The van der Waals surface area contributed by atoms with Gasteiger partial charge in [-0.3, -0.25) is 9.69 Å². The number of esters is 1. The standard InChI is InChI=1S/C23H29N3O5S/c1-18(2)24-32(29,30)21-10-8-20(9-11-21)23(28)31-17-22(27)26-14-12-25(13-15-26)16-19-6-4-3-5-7-19/h3-11,18,24H,12-17H2,1-2H3. The van der Waals surface area contributed by atoms with Crippen molar-refractivity contribution in [3.8, 4) is 0 Å². The summed E-state index contributed by atoms with van der Waals surface area (Å²) in [6.45, 7) is 6.64. The predicted octanol–water partition coefficient (Wildman–Crippen LogP) is 1.87. The highest BCUT2D eigenvalue weighted by atomic mass is 32.2. The van der Waals surface area contributed by atoms with Crippen molar-refractivity contribution < 1.29 is 22.7 Å². The molecule has 2 aromatic carbocycles. The van der Waals surface area contributed by atoms with Gasteiger partial charge in [0, 0.05) is 38.8 Å². The molecule has 0 radical (unpaired) electrons. The fourth-order valence-corrected chi connectivity index (χ4v) is 4.70. The Hall–Kier alpha value is -2.75. The number of carbonyl (C=O) groups is 2. The lowest BCUT2D eigenvalue weighted by Crippen LogP contribution is -2.49. The average molecular weight is 460 g/mol. The van der Waals surface area contributed by atoms with E-state index in [1.807, 2.05) is 18.2 Å². The first kappa shape index (κ1) is 23.9. The number of amides is 1. The van der Waals surface area contributed by atoms with Gasteiger partial charge in [0.2, 0.25) is 10.0 Å². The van der Waals surface area contributed by atoms with E-state index in [0.29, 0.717) is 13.1 Å². The highest BCUT2D eigenvalue weighted by Crippen LogP contribution is 2.13. The zero-order valence-corrected chi connectivity index (χ0v) is 19.2. The summed E-state index contributed by atoms with van der Waals surface area (Å²) >= 11 is 0. The van der Waals surface area contributed by atoms with Crippen LogP contribution in [0.2, 0.25) is 0 Å². The van der Waals surface area contributed by atoms with Crippen LogP contribution in [0.25, 0.3) is 0 Å². The lowest BCUT2D eigenvalue weighted by Gasteiger charge is -2.34. The third-order valence-electron chi connectivity index (χ3n) is 5.09. The van der Waals surface area contributed by atoms with Crippen molar-refractivity contribution in [1.82, 2.24) is 14.5 Å².